The number of nitrogens with zero attached hydrogens (tertiary/aromatic N) is 1. The third-order valence-electron chi connectivity index (χ3n) is 4.67. The molecule has 5 nitrogen and oxygen atoms in total. The highest BCUT2D eigenvalue weighted by Gasteiger charge is 2.29. The summed E-state index contributed by atoms with van der Waals surface area (Å²) in [5, 5.41) is 3.21. The first-order valence-electron chi connectivity index (χ1n) is 10.1. The molecule has 3 rings (SSSR count). The molecule has 1 aromatic heterocycles. The first-order valence-corrected chi connectivity index (χ1v) is 13.5. The Kier molecular flexibility index (Phi) is 8.67. The number of hydrogen-bond acceptors (Lipinski definition) is 6. The van der Waals surface area contributed by atoms with Crippen molar-refractivity contribution in [2.24, 2.45) is 0 Å². The Hall–Kier alpha value is -2.50. The minimum atomic E-state index is -4.36. The van der Waals surface area contributed by atoms with Crippen molar-refractivity contribution in [1.82, 2.24) is 10.3 Å². The molecule has 0 fully saturated rings. The summed E-state index contributed by atoms with van der Waals surface area (Å²) in [7, 11) is -3.45. The average Bonchev–Trinajstić information content (AvgIpc) is 2.79. The number of alkyl halides is 3. The van der Waals surface area contributed by atoms with Gasteiger partial charge in [0.1, 0.15) is 5.03 Å². The maximum atomic E-state index is 12.8. The van der Waals surface area contributed by atoms with Crippen LogP contribution in [0.2, 0.25) is 0 Å². The predicted octanol–water partition coefficient (Wildman–Crippen LogP) is 5.75. The summed E-state index contributed by atoms with van der Waals surface area (Å²) in [6.45, 7) is 1.72. The molecule has 0 aliphatic heterocycles. The molecule has 34 heavy (non-hydrogen) atoms. The summed E-state index contributed by atoms with van der Waals surface area (Å²) in [4.78, 5) is 17.4. The molecule has 0 spiro atoms. The summed E-state index contributed by atoms with van der Waals surface area (Å²) >= 11 is 0.967. The molecule has 0 bridgehead atoms. The van der Waals surface area contributed by atoms with Crippen molar-refractivity contribution in [3.8, 4) is 0 Å². The topological polar surface area (TPSA) is 76.1 Å². The number of rotatable bonds is 9. The van der Waals surface area contributed by atoms with Gasteiger partial charge in [-0.05, 0) is 60.6 Å². The molecule has 1 heterocycles. The normalized spacial score (nSPS) is 12.8. The largest absolute Gasteiger partial charge is 0.446 e. The molecule has 11 heteroatoms. The number of carbonyl (C=O) groups excluding carboxylic acids is 1. The van der Waals surface area contributed by atoms with Crippen molar-refractivity contribution in [3.63, 3.8) is 0 Å². The van der Waals surface area contributed by atoms with Crippen LogP contribution in [0.5, 0.6) is 0 Å². The standard InChI is InChI=1S/C23H21F3N2O3S3/c1-16(17-9-11-18(12-10-17)33-23(24,25)26)28-21(29)20-8-5-13-27-22(20)32-14-15-34(30,31)19-6-3-2-4-7-19/h2-13,16H,14-15H2,1H3,(H,28,29). The first kappa shape index (κ1) is 26.1. The van der Waals surface area contributed by atoms with Crippen LogP contribution in [0.3, 0.4) is 0 Å². The highest BCUT2D eigenvalue weighted by atomic mass is 32.2. The molecule has 3 aromatic rings. The summed E-state index contributed by atoms with van der Waals surface area (Å²) in [6.07, 6.45) is 1.52. The third kappa shape index (κ3) is 7.51. The number of amides is 1. The summed E-state index contributed by atoms with van der Waals surface area (Å²) < 4.78 is 62.4. The lowest BCUT2D eigenvalue weighted by molar-refractivity contribution is -0.0328. The lowest BCUT2D eigenvalue weighted by Crippen LogP contribution is -2.27. The van der Waals surface area contributed by atoms with Gasteiger partial charge in [0.05, 0.1) is 22.3 Å². The highest BCUT2D eigenvalue weighted by molar-refractivity contribution is 8.00. The van der Waals surface area contributed by atoms with Gasteiger partial charge in [-0.25, -0.2) is 13.4 Å². The number of carbonyl (C=O) groups is 1. The number of hydrogen-bond donors (Lipinski definition) is 1. The van der Waals surface area contributed by atoms with Crippen LogP contribution < -0.4 is 5.32 Å². The van der Waals surface area contributed by atoms with E-state index in [0.717, 1.165) is 0 Å². The van der Waals surface area contributed by atoms with Gasteiger partial charge < -0.3 is 5.32 Å². The number of halogens is 3. The van der Waals surface area contributed by atoms with Crippen LogP contribution in [0, 0.1) is 0 Å². The van der Waals surface area contributed by atoms with Gasteiger partial charge in [0.15, 0.2) is 9.84 Å². The fourth-order valence-electron chi connectivity index (χ4n) is 2.99. The second-order valence-corrected chi connectivity index (χ2v) is 11.5. The van der Waals surface area contributed by atoms with Crippen LogP contribution in [0.25, 0.3) is 0 Å². The molecule has 1 unspecified atom stereocenters. The number of benzene rings is 2. The number of thioether (sulfide) groups is 2. The summed E-state index contributed by atoms with van der Waals surface area (Å²) in [5.74, 6) is -0.316. The monoisotopic (exact) mass is 526 g/mol. The second-order valence-electron chi connectivity index (χ2n) is 7.15. The number of nitrogens with one attached hydrogen (secondary N) is 1. The van der Waals surface area contributed by atoms with Gasteiger partial charge in [0.25, 0.3) is 5.91 Å². The van der Waals surface area contributed by atoms with Crippen molar-refractivity contribution in [2.45, 2.75) is 33.3 Å². The van der Waals surface area contributed by atoms with Gasteiger partial charge in [-0.15, -0.1) is 11.8 Å². The van der Waals surface area contributed by atoms with Gasteiger partial charge in [-0.3, -0.25) is 4.79 Å². The fraction of sp³-hybridized carbons (Fsp3) is 0.217. The Morgan fingerprint density at radius 1 is 1.03 bits per heavy atom. The minimum absolute atomic E-state index is 0.0613. The van der Waals surface area contributed by atoms with E-state index in [-0.39, 0.29) is 33.1 Å². The van der Waals surface area contributed by atoms with Crippen molar-refractivity contribution in [1.29, 1.82) is 0 Å². The summed E-state index contributed by atoms with van der Waals surface area (Å²) in [6, 6.07) is 16.6. The number of sulfone groups is 1. The van der Waals surface area contributed by atoms with Gasteiger partial charge >= 0.3 is 5.51 Å². The lowest BCUT2D eigenvalue weighted by atomic mass is 10.1. The van der Waals surface area contributed by atoms with E-state index in [9.17, 15) is 26.4 Å². The Balaban J connectivity index is 1.62. The highest BCUT2D eigenvalue weighted by Crippen LogP contribution is 2.37. The van der Waals surface area contributed by atoms with E-state index in [1.807, 2.05) is 0 Å². The van der Waals surface area contributed by atoms with Crippen molar-refractivity contribution in [3.05, 3.63) is 84.1 Å². The first-order chi connectivity index (χ1) is 16.0. The van der Waals surface area contributed by atoms with Crippen LogP contribution in [-0.4, -0.2) is 36.3 Å². The zero-order chi connectivity index (χ0) is 24.8. The lowest BCUT2D eigenvalue weighted by Gasteiger charge is -2.16. The molecule has 1 amide bonds. The zero-order valence-corrected chi connectivity index (χ0v) is 20.4. The van der Waals surface area contributed by atoms with Crippen LogP contribution in [0.1, 0.15) is 28.9 Å². The minimum Gasteiger partial charge on any atom is -0.345 e. The summed E-state index contributed by atoms with van der Waals surface area (Å²) in [5.41, 5.74) is -3.43. The van der Waals surface area contributed by atoms with Gasteiger partial charge in [0, 0.05) is 16.8 Å². The van der Waals surface area contributed by atoms with E-state index < -0.39 is 27.3 Å². The van der Waals surface area contributed by atoms with Crippen LogP contribution in [0.15, 0.2) is 87.7 Å². The van der Waals surface area contributed by atoms with Crippen molar-refractivity contribution in [2.75, 3.05) is 11.5 Å². The predicted molar refractivity (Wildman–Crippen MR) is 128 cm³/mol. The third-order valence-corrected chi connectivity index (χ3v) is 8.41. The maximum absolute atomic E-state index is 12.8. The van der Waals surface area contributed by atoms with Crippen LogP contribution >= 0.6 is 23.5 Å². The molecule has 0 aliphatic carbocycles. The van der Waals surface area contributed by atoms with Gasteiger partial charge in [0.2, 0.25) is 0 Å². The van der Waals surface area contributed by atoms with E-state index in [1.54, 1.807) is 37.3 Å². The van der Waals surface area contributed by atoms with Crippen molar-refractivity contribution >= 4 is 39.3 Å². The molecule has 1 atom stereocenters. The smallest absolute Gasteiger partial charge is 0.345 e. The Bertz CT molecular complexity index is 1220. The Morgan fingerprint density at radius 3 is 2.35 bits per heavy atom. The van der Waals surface area contributed by atoms with E-state index in [0.29, 0.717) is 16.2 Å². The second kappa shape index (κ2) is 11.3. The molecule has 0 saturated heterocycles. The van der Waals surface area contributed by atoms with Crippen LogP contribution in [-0.2, 0) is 9.84 Å². The molecule has 2 aromatic carbocycles. The SMILES string of the molecule is CC(NC(=O)c1cccnc1SCCS(=O)(=O)c1ccccc1)c1ccc(SC(F)(F)F)cc1. The fourth-order valence-corrected chi connectivity index (χ4v) is 6.19. The maximum Gasteiger partial charge on any atom is 0.446 e. The molecular weight excluding hydrogens is 505 g/mol. The van der Waals surface area contributed by atoms with Gasteiger partial charge in [-0.2, -0.15) is 13.2 Å². The van der Waals surface area contributed by atoms with Crippen molar-refractivity contribution < 1.29 is 26.4 Å². The molecule has 1 N–H and O–H groups in total. The molecule has 0 aliphatic rings. The van der Waals surface area contributed by atoms with Crippen LogP contribution in [0.4, 0.5) is 13.2 Å². The molecular formula is C23H21F3N2O3S3. The number of aromatic nitrogens is 1. The van der Waals surface area contributed by atoms with Gasteiger partial charge in [-0.1, -0.05) is 30.3 Å². The average molecular weight is 527 g/mol. The van der Waals surface area contributed by atoms with E-state index in [2.05, 4.69) is 10.3 Å². The number of pyridine rings is 1. The van der Waals surface area contributed by atoms with E-state index >= 15 is 0 Å². The van der Waals surface area contributed by atoms with E-state index in [1.165, 1.54) is 54.4 Å². The Labute approximate surface area is 204 Å². The zero-order valence-electron chi connectivity index (χ0n) is 18.0. The molecule has 0 saturated carbocycles. The molecule has 0 radical (unpaired) electrons. The van der Waals surface area contributed by atoms with E-state index in [4.69, 9.17) is 0 Å². The quantitative estimate of drug-likeness (QED) is 0.358. The Morgan fingerprint density at radius 2 is 1.71 bits per heavy atom. The molecule has 180 valence electrons.